The molecule has 0 saturated heterocycles. The van der Waals surface area contributed by atoms with Crippen LogP contribution in [-0.4, -0.2) is 10.9 Å². The van der Waals surface area contributed by atoms with Gasteiger partial charge in [0.05, 0.1) is 5.71 Å². The number of hydrogen-bond acceptors (Lipinski definition) is 3. The molecule has 0 unspecified atom stereocenters. The second-order valence-corrected chi connectivity index (χ2v) is 6.41. The van der Waals surface area contributed by atoms with E-state index in [9.17, 15) is 0 Å². The Hall–Kier alpha value is -1.49. The van der Waals surface area contributed by atoms with Crippen LogP contribution in [0.5, 0.6) is 0 Å². The largest absolute Gasteiger partial charge is 0.377 e. The zero-order valence-corrected chi connectivity index (χ0v) is 14.3. The van der Waals surface area contributed by atoms with Crippen LogP contribution >= 0.6 is 35.0 Å². The van der Waals surface area contributed by atoms with Crippen molar-refractivity contribution in [3.05, 3.63) is 69.7 Å². The summed E-state index contributed by atoms with van der Waals surface area (Å²) < 4.78 is 0. The fourth-order valence-electron chi connectivity index (χ4n) is 1.64. The maximum atomic E-state index is 5.86. The maximum absolute atomic E-state index is 5.86. The lowest BCUT2D eigenvalue weighted by Crippen LogP contribution is -2.06. The van der Waals surface area contributed by atoms with Crippen LogP contribution in [-0.2, 0) is 5.75 Å². The molecule has 0 heterocycles. The van der Waals surface area contributed by atoms with E-state index in [1.807, 2.05) is 55.5 Å². The Balaban J connectivity index is 1.95. The van der Waals surface area contributed by atoms with E-state index in [0.29, 0.717) is 10.2 Å². The maximum Gasteiger partial charge on any atom is 0.180 e. The van der Waals surface area contributed by atoms with E-state index in [0.717, 1.165) is 27.6 Å². The number of hydrogen-bond donors (Lipinski definition) is 1. The molecule has 0 aliphatic heterocycles. The SMILES string of the molecule is C/C(=N\N=C(/N)SCc1ccc(Cl)cc1)c1ccc(Cl)cc1. The van der Waals surface area contributed by atoms with Crippen LogP contribution < -0.4 is 5.73 Å². The smallest absolute Gasteiger partial charge is 0.180 e. The van der Waals surface area contributed by atoms with Crippen molar-refractivity contribution < 1.29 is 0 Å². The highest BCUT2D eigenvalue weighted by Crippen LogP contribution is 2.16. The lowest BCUT2D eigenvalue weighted by molar-refractivity contribution is 1.23. The molecule has 0 bridgehead atoms. The summed E-state index contributed by atoms with van der Waals surface area (Å²) in [5.41, 5.74) is 8.74. The highest BCUT2D eigenvalue weighted by atomic mass is 35.5. The number of benzene rings is 2. The van der Waals surface area contributed by atoms with Crippen molar-refractivity contribution in [2.45, 2.75) is 12.7 Å². The molecular weight excluding hydrogens is 337 g/mol. The van der Waals surface area contributed by atoms with Crippen molar-refractivity contribution in [3.63, 3.8) is 0 Å². The van der Waals surface area contributed by atoms with Crippen LogP contribution in [0.4, 0.5) is 0 Å². The Morgan fingerprint density at radius 2 is 1.50 bits per heavy atom. The van der Waals surface area contributed by atoms with E-state index in [1.165, 1.54) is 11.8 Å². The van der Waals surface area contributed by atoms with Crippen LogP contribution in [0.1, 0.15) is 18.1 Å². The third kappa shape index (κ3) is 5.37. The zero-order chi connectivity index (χ0) is 15.9. The zero-order valence-electron chi connectivity index (χ0n) is 12.0. The quantitative estimate of drug-likeness (QED) is 0.480. The second kappa shape index (κ2) is 8.22. The standard InChI is InChI=1S/C16H15Cl2N3S/c1-11(13-4-8-15(18)9-5-13)20-21-16(19)22-10-12-2-6-14(17)7-3-12/h2-9H,10H2,1H3,(H2,19,21)/b20-11+. The summed E-state index contributed by atoms with van der Waals surface area (Å²) in [5, 5.41) is 10.0. The van der Waals surface area contributed by atoms with Gasteiger partial charge in [-0.25, -0.2) is 0 Å². The Bertz CT molecular complexity index is 680. The Labute approximate surface area is 144 Å². The third-order valence-corrected chi connectivity index (χ3v) is 4.22. The van der Waals surface area contributed by atoms with Gasteiger partial charge in [-0.3, -0.25) is 0 Å². The van der Waals surface area contributed by atoms with Crippen molar-refractivity contribution in [1.82, 2.24) is 0 Å². The predicted octanol–water partition coefficient (Wildman–Crippen LogP) is 4.97. The monoisotopic (exact) mass is 351 g/mol. The number of halogens is 2. The summed E-state index contributed by atoms with van der Waals surface area (Å²) in [7, 11) is 0. The lowest BCUT2D eigenvalue weighted by atomic mass is 10.1. The first-order chi connectivity index (χ1) is 10.5. The molecule has 22 heavy (non-hydrogen) atoms. The topological polar surface area (TPSA) is 50.7 Å². The minimum Gasteiger partial charge on any atom is -0.377 e. The normalized spacial score (nSPS) is 12.5. The average molecular weight is 352 g/mol. The van der Waals surface area contributed by atoms with Gasteiger partial charge in [-0.15, -0.1) is 5.10 Å². The fourth-order valence-corrected chi connectivity index (χ4v) is 2.50. The molecule has 0 aromatic heterocycles. The van der Waals surface area contributed by atoms with Crippen LogP contribution in [0, 0.1) is 0 Å². The van der Waals surface area contributed by atoms with Crippen LogP contribution in [0.25, 0.3) is 0 Å². The van der Waals surface area contributed by atoms with Crippen LogP contribution in [0.3, 0.4) is 0 Å². The minimum absolute atomic E-state index is 0.420. The van der Waals surface area contributed by atoms with E-state index in [4.69, 9.17) is 28.9 Å². The van der Waals surface area contributed by atoms with Gasteiger partial charge >= 0.3 is 0 Å². The lowest BCUT2D eigenvalue weighted by Gasteiger charge is -2.01. The molecule has 0 radical (unpaired) electrons. The van der Waals surface area contributed by atoms with Crippen molar-refractivity contribution in [2.24, 2.45) is 15.9 Å². The number of nitrogens with two attached hydrogens (primary N) is 1. The summed E-state index contributed by atoms with van der Waals surface area (Å²) in [6, 6.07) is 15.1. The van der Waals surface area contributed by atoms with Gasteiger partial charge in [0, 0.05) is 15.8 Å². The summed E-state index contributed by atoms with van der Waals surface area (Å²) in [5.74, 6) is 0.724. The third-order valence-electron chi connectivity index (χ3n) is 2.86. The summed E-state index contributed by atoms with van der Waals surface area (Å²) in [6.07, 6.45) is 0. The number of amidine groups is 1. The highest BCUT2D eigenvalue weighted by molar-refractivity contribution is 8.13. The summed E-state index contributed by atoms with van der Waals surface area (Å²) >= 11 is 13.1. The molecule has 0 spiro atoms. The molecule has 2 rings (SSSR count). The van der Waals surface area contributed by atoms with Crippen molar-refractivity contribution in [2.75, 3.05) is 0 Å². The van der Waals surface area contributed by atoms with Gasteiger partial charge in [0.1, 0.15) is 0 Å². The molecule has 0 saturated carbocycles. The molecule has 6 heteroatoms. The molecule has 114 valence electrons. The molecule has 0 fully saturated rings. The van der Waals surface area contributed by atoms with Crippen molar-refractivity contribution >= 4 is 45.8 Å². The van der Waals surface area contributed by atoms with E-state index in [1.54, 1.807) is 0 Å². The summed E-state index contributed by atoms with van der Waals surface area (Å²) in [6.45, 7) is 1.88. The molecule has 0 amide bonds. The Morgan fingerprint density at radius 1 is 0.955 bits per heavy atom. The molecule has 0 aliphatic rings. The average Bonchev–Trinajstić information content (AvgIpc) is 2.52. The van der Waals surface area contributed by atoms with Crippen molar-refractivity contribution in [1.29, 1.82) is 0 Å². The van der Waals surface area contributed by atoms with E-state index < -0.39 is 0 Å². The van der Waals surface area contributed by atoms with Gasteiger partial charge in [-0.1, -0.05) is 59.2 Å². The molecule has 2 aromatic carbocycles. The number of nitrogens with zero attached hydrogens (tertiary/aromatic N) is 2. The molecule has 0 aliphatic carbocycles. The van der Waals surface area contributed by atoms with Gasteiger partial charge in [0.15, 0.2) is 5.17 Å². The predicted molar refractivity (Wildman–Crippen MR) is 98.0 cm³/mol. The molecular formula is C16H15Cl2N3S. The Kier molecular flexibility index (Phi) is 6.31. The molecule has 3 nitrogen and oxygen atoms in total. The minimum atomic E-state index is 0.420. The van der Waals surface area contributed by atoms with Crippen LogP contribution in [0.2, 0.25) is 10.0 Å². The molecule has 0 atom stereocenters. The first kappa shape index (κ1) is 16.9. The van der Waals surface area contributed by atoms with Gasteiger partial charge < -0.3 is 5.73 Å². The first-order valence-electron chi connectivity index (χ1n) is 6.55. The molecule has 2 N–H and O–H groups in total. The van der Waals surface area contributed by atoms with Gasteiger partial charge in [-0.2, -0.15) is 5.10 Å². The van der Waals surface area contributed by atoms with Crippen molar-refractivity contribution in [3.8, 4) is 0 Å². The van der Waals surface area contributed by atoms with E-state index in [2.05, 4.69) is 10.2 Å². The van der Waals surface area contributed by atoms with Gasteiger partial charge in [0.25, 0.3) is 0 Å². The van der Waals surface area contributed by atoms with E-state index >= 15 is 0 Å². The molecule has 2 aromatic rings. The summed E-state index contributed by atoms with van der Waals surface area (Å²) in [4.78, 5) is 0. The number of rotatable bonds is 4. The Morgan fingerprint density at radius 3 is 2.09 bits per heavy atom. The number of thioether (sulfide) groups is 1. The highest BCUT2D eigenvalue weighted by Gasteiger charge is 1.99. The van der Waals surface area contributed by atoms with Gasteiger partial charge in [0.2, 0.25) is 0 Å². The fraction of sp³-hybridized carbons (Fsp3) is 0.125. The van der Waals surface area contributed by atoms with Gasteiger partial charge in [-0.05, 0) is 42.3 Å². The first-order valence-corrected chi connectivity index (χ1v) is 8.29. The second-order valence-electron chi connectivity index (χ2n) is 4.55. The van der Waals surface area contributed by atoms with E-state index in [-0.39, 0.29) is 0 Å². The van der Waals surface area contributed by atoms with Crippen LogP contribution in [0.15, 0.2) is 58.7 Å².